The Kier molecular flexibility index (Phi) is 5.48. The average Bonchev–Trinajstić information content (AvgIpc) is 3.16. The van der Waals surface area contributed by atoms with Crippen LogP contribution in [0.1, 0.15) is 17.5 Å². The third-order valence-corrected chi connectivity index (χ3v) is 5.20. The molecule has 0 aliphatic heterocycles. The van der Waals surface area contributed by atoms with Crippen LogP contribution in [-0.4, -0.2) is 23.0 Å². The lowest BCUT2D eigenvalue weighted by molar-refractivity contribution is -0.141. The first-order valence-electron chi connectivity index (χ1n) is 9.66. The zero-order chi connectivity index (χ0) is 21.1. The summed E-state index contributed by atoms with van der Waals surface area (Å²) in [4.78, 5) is 24.2. The normalized spacial score (nSPS) is 12.2. The molecule has 0 fully saturated rings. The number of aliphatic carboxylic acids is 1. The molecule has 1 aromatic heterocycles. The summed E-state index contributed by atoms with van der Waals surface area (Å²) >= 11 is 0. The molecule has 4 rings (SSSR count). The van der Waals surface area contributed by atoms with Gasteiger partial charge in [-0.05, 0) is 29.5 Å². The average molecular weight is 405 g/mol. The Morgan fingerprint density at radius 2 is 1.63 bits per heavy atom. The van der Waals surface area contributed by atoms with Crippen molar-refractivity contribution in [3.63, 3.8) is 0 Å². The van der Waals surface area contributed by atoms with Crippen molar-refractivity contribution in [2.75, 3.05) is 0 Å². The van der Waals surface area contributed by atoms with Gasteiger partial charge in [-0.1, -0.05) is 48.5 Å². The fourth-order valence-electron chi connectivity index (χ4n) is 3.67. The molecule has 5 nitrogen and oxygen atoms in total. The summed E-state index contributed by atoms with van der Waals surface area (Å²) in [7, 11) is 0. The second-order valence-electron chi connectivity index (χ2n) is 7.17. The number of carboxylic acids is 1. The van der Waals surface area contributed by atoms with Gasteiger partial charge < -0.3 is 14.8 Å². The number of carbonyl (C=O) groups excluding carboxylic acids is 1. The summed E-state index contributed by atoms with van der Waals surface area (Å²) in [5.41, 5.74) is 2.24. The van der Waals surface area contributed by atoms with E-state index < -0.39 is 12.0 Å². The first-order chi connectivity index (χ1) is 14.5. The number of nitrogens with one attached hydrogen (secondary N) is 1. The van der Waals surface area contributed by atoms with Crippen LogP contribution in [0.25, 0.3) is 21.7 Å². The van der Waals surface area contributed by atoms with E-state index in [-0.39, 0.29) is 24.6 Å². The van der Waals surface area contributed by atoms with Crippen molar-refractivity contribution in [1.82, 2.24) is 5.32 Å². The van der Waals surface area contributed by atoms with Gasteiger partial charge >= 0.3 is 5.97 Å². The van der Waals surface area contributed by atoms with E-state index in [1.54, 1.807) is 24.3 Å². The maximum Gasteiger partial charge on any atom is 0.326 e. The molecule has 2 N–H and O–H groups in total. The highest BCUT2D eigenvalue weighted by Gasteiger charge is 2.22. The molecule has 4 aromatic rings. The number of halogens is 1. The molecule has 1 unspecified atom stereocenters. The third-order valence-electron chi connectivity index (χ3n) is 5.20. The maximum absolute atomic E-state index is 14.0. The summed E-state index contributed by atoms with van der Waals surface area (Å²) < 4.78 is 19.4. The second kappa shape index (κ2) is 8.37. The molecule has 6 heteroatoms. The van der Waals surface area contributed by atoms with E-state index in [0.717, 1.165) is 21.9 Å². The molecule has 1 amide bonds. The lowest BCUT2D eigenvalue weighted by atomic mass is 10.00. The fraction of sp³-hybridized carbons (Fsp3) is 0.167. The summed E-state index contributed by atoms with van der Waals surface area (Å²) in [6, 6.07) is 16.4. The molecule has 0 radical (unpaired) electrons. The number of carboxylic acid groups (broad SMARTS) is 1. The number of fused-ring (bicyclic) bond motifs is 2. The quantitative estimate of drug-likeness (QED) is 0.475. The van der Waals surface area contributed by atoms with E-state index in [9.17, 15) is 19.1 Å². The van der Waals surface area contributed by atoms with Crippen molar-refractivity contribution in [2.45, 2.75) is 25.3 Å². The lowest BCUT2D eigenvalue weighted by Gasteiger charge is -2.14. The van der Waals surface area contributed by atoms with Crippen LogP contribution in [0, 0.1) is 5.82 Å². The number of carbonyl (C=O) groups is 2. The van der Waals surface area contributed by atoms with Crippen LogP contribution in [0.4, 0.5) is 4.39 Å². The van der Waals surface area contributed by atoms with Gasteiger partial charge in [-0.3, -0.25) is 4.79 Å². The maximum atomic E-state index is 14.0. The molecule has 0 aliphatic rings. The molecule has 3 aromatic carbocycles. The molecule has 0 bridgehead atoms. The van der Waals surface area contributed by atoms with Gasteiger partial charge in [0, 0.05) is 29.2 Å². The van der Waals surface area contributed by atoms with Gasteiger partial charge in [0.25, 0.3) is 0 Å². The molecule has 0 saturated carbocycles. The molecule has 1 heterocycles. The number of rotatable bonds is 7. The highest BCUT2D eigenvalue weighted by Crippen LogP contribution is 2.24. The van der Waals surface area contributed by atoms with Gasteiger partial charge in [0.2, 0.25) is 5.91 Å². The Bertz CT molecular complexity index is 1230. The SMILES string of the molecule is O=C(CCc1ccc(F)c2ccccc12)NC(Cc1coc2ccccc12)C(=O)O. The van der Waals surface area contributed by atoms with Gasteiger partial charge in [-0.15, -0.1) is 0 Å². The zero-order valence-corrected chi connectivity index (χ0v) is 16.1. The Morgan fingerprint density at radius 1 is 0.933 bits per heavy atom. The standard InChI is InChI=1S/C24H20FNO4/c25-20-11-9-15(17-5-1-2-7-19(17)20)10-12-23(27)26-21(24(28)29)13-16-14-30-22-8-4-3-6-18(16)22/h1-9,11,14,21H,10,12-13H2,(H,26,27)(H,28,29). The van der Waals surface area contributed by atoms with Crippen molar-refractivity contribution >= 4 is 33.6 Å². The van der Waals surface area contributed by atoms with Gasteiger partial charge in [0.15, 0.2) is 0 Å². The Labute approximate surface area is 172 Å². The van der Waals surface area contributed by atoms with Crippen LogP contribution in [0.2, 0.25) is 0 Å². The summed E-state index contributed by atoms with van der Waals surface area (Å²) in [5.74, 6) is -1.79. The molecular weight excluding hydrogens is 385 g/mol. The van der Waals surface area contributed by atoms with E-state index >= 15 is 0 Å². The molecular formula is C24H20FNO4. The molecule has 0 spiro atoms. The van der Waals surface area contributed by atoms with Gasteiger partial charge in [0.05, 0.1) is 6.26 Å². The third kappa shape index (κ3) is 4.03. The highest BCUT2D eigenvalue weighted by molar-refractivity contribution is 5.88. The van der Waals surface area contributed by atoms with Crippen molar-refractivity contribution in [1.29, 1.82) is 0 Å². The molecule has 152 valence electrons. The minimum atomic E-state index is -1.11. The minimum Gasteiger partial charge on any atom is -0.480 e. The fourth-order valence-corrected chi connectivity index (χ4v) is 3.67. The number of hydrogen-bond acceptors (Lipinski definition) is 3. The Hall–Kier alpha value is -3.67. The van der Waals surface area contributed by atoms with Crippen LogP contribution >= 0.6 is 0 Å². The number of para-hydroxylation sites is 1. The van der Waals surface area contributed by atoms with Crippen molar-refractivity contribution in [2.24, 2.45) is 0 Å². The lowest BCUT2D eigenvalue weighted by Crippen LogP contribution is -2.42. The van der Waals surface area contributed by atoms with Gasteiger partial charge in [-0.25, -0.2) is 9.18 Å². The predicted octanol–water partition coefficient (Wildman–Crippen LogP) is 4.47. The number of hydrogen-bond donors (Lipinski definition) is 2. The number of aryl methyl sites for hydroxylation is 1. The largest absolute Gasteiger partial charge is 0.480 e. The smallest absolute Gasteiger partial charge is 0.326 e. The number of benzene rings is 3. The van der Waals surface area contributed by atoms with Crippen LogP contribution in [0.15, 0.2) is 71.3 Å². The number of furan rings is 1. The van der Waals surface area contributed by atoms with E-state index in [2.05, 4.69) is 5.32 Å². The van der Waals surface area contributed by atoms with Crippen molar-refractivity contribution in [3.05, 3.63) is 83.9 Å². The highest BCUT2D eigenvalue weighted by atomic mass is 19.1. The van der Waals surface area contributed by atoms with Crippen LogP contribution in [-0.2, 0) is 22.4 Å². The Balaban J connectivity index is 1.44. The van der Waals surface area contributed by atoms with Gasteiger partial charge in [-0.2, -0.15) is 0 Å². The monoisotopic (exact) mass is 405 g/mol. The topological polar surface area (TPSA) is 79.5 Å². The Morgan fingerprint density at radius 3 is 2.40 bits per heavy atom. The van der Waals surface area contributed by atoms with Crippen molar-refractivity contribution < 1.29 is 23.5 Å². The molecule has 0 saturated heterocycles. The predicted molar refractivity (Wildman–Crippen MR) is 112 cm³/mol. The van der Waals surface area contributed by atoms with E-state index in [0.29, 0.717) is 17.4 Å². The summed E-state index contributed by atoms with van der Waals surface area (Å²) in [5, 5.41) is 14.2. The molecule has 30 heavy (non-hydrogen) atoms. The number of amides is 1. The summed E-state index contributed by atoms with van der Waals surface area (Å²) in [6.45, 7) is 0. The van der Waals surface area contributed by atoms with Crippen LogP contribution in [0.3, 0.4) is 0 Å². The van der Waals surface area contributed by atoms with Crippen LogP contribution < -0.4 is 5.32 Å². The van der Waals surface area contributed by atoms with E-state index in [1.165, 1.54) is 12.3 Å². The van der Waals surface area contributed by atoms with E-state index in [1.807, 2.05) is 30.3 Å². The van der Waals surface area contributed by atoms with E-state index in [4.69, 9.17) is 4.42 Å². The first kappa shape index (κ1) is 19.6. The minimum absolute atomic E-state index is 0.103. The van der Waals surface area contributed by atoms with Crippen molar-refractivity contribution in [3.8, 4) is 0 Å². The zero-order valence-electron chi connectivity index (χ0n) is 16.1. The molecule has 0 aliphatic carbocycles. The first-order valence-corrected chi connectivity index (χ1v) is 9.66. The molecule has 1 atom stereocenters. The van der Waals surface area contributed by atoms with Crippen LogP contribution in [0.5, 0.6) is 0 Å². The van der Waals surface area contributed by atoms with Gasteiger partial charge in [0.1, 0.15) is 17.4 Å². The second-order valence-corrected chi connectivity index (χ2v) is 7.17. The summed E-state index contributed by atoms with van der Waals surface area (Å²) in [6.07, 6.45) is 2.13.